The number of likely N-dealkylation sites (tertiary alicyclic amines) is 1. The topological polar surface area (TPSA) is 96.0 Å². The van der Waals surface area contributed by atoms with Gasteiger partial charge in [-0.2, -0.15) is 0 Å². The van der Waals surface area contributed by atoms with Crippen LogP contribution in [-0.2, 0) is 9.59 Å². The van der Waals surface area contributed by atoms with Crippen molar-refractivity contribution in [3.05, 3.63) is 23.8 Å². The molecule has 0 spiro atoms. The van der Waals surface area contributed by atoms with Crippen molar-refractivity contribution in [2.45, 2.75) is 19.3 Å². The average molecular weight is 359 g/mol. The minimum absolute atomic E-state index is 0.143. The summed E-state index contributed by atoms with van der Waals surface area (Å²) in [5, 5.41) is 2.27. The second kappa shape index (κ2) is 7.55. The van der Waals surface area contributed by atoms with Crippen molar-refractivity contribution in [2.75, 3.05) is 31.6 Å². The summed E-state index contributed by atoms with van der Waals surface area (Å²) in [4.78, 5) is 50.1. The van der Waals surface area contributed by atoms with Gasteiger partial charge < -0.3 is 14.4 Å². The molecule has 2 aliphatic heterocycles. The van der Waals surface area contributed by atoms with Crippen LogP contribution in [0.5, 0.6) is 5.75 Å². The maximum Gasteiger partial charge on any atom is 0.328 e. The number of methoxy groups -OCH3 is 1. The van der Waals surface area contributed by atoms with Gasteiger partial charge in [-0.05, 0) is 30.5 Å². The summed E-state index contributed by atoms with van der Waals surface area (Å²) in [5.74, 6) is 0.186. The Bertz CT molecular complexity index is 748. The number of rotatable bonds is 5. The Labute approximate surface area is 151 Å². The lowest BCUT2D eigenvalue weighted by Crippen LogP contribution is -2.49. The van der Waals surface area contributed by atoms with Gasteiger partial charge in [-0.15, -0.1) is 0 Å². The van der Waals surface area contributed by atoms with Crippen LogP contribution in [-0.4, -0.2) is 55.8 Å². The number of ether oxygens (including phenoxy) is 1. The maximum atomic E-state index is 12.8. The van der Waals surface area contributed by atoms with Gasteiger partial charge in [-0.1, -0.05) is 0 Å². The molecule has 0 aliphatic carbocycles. The summed E-state index contributed by atoms with van der Waals surface area (Å²) >= 11 is 0. The third kappa shape index (κ3) is 3.54. The van der Waals surface area contributed by atoms with Crippen LogP contribution in [0.3, 0.4) is 0 Å². The van der Waals surface area contributed by atoms with Crippen molar-refractivity contribution in [2.24, 2.45) is 5.92 Å². The second-order valence-electron chi connectivity index (χ2n) is 6.45. The number of hydrogen-bond donors (Lipinski definition) is 1. The van der Waals surface area contributed by atoms with E-state index in [1.165, 1.54) is 12.0 Å². The first kappa shape index (κ1) is 17.9. The highest BCUT2D eigenvalue weighted by atomic mass is 16.5. The molecule has 0 aromatic heterocycles. The zero-order valence-electron chi connectivity index (χ0n) is 14.6. The van der Waals surface area contributed by atoms with Gasteiger partial charge in [0, 0.05) is 38.0 Å². The van der Waals surface area contributed by atoms with Crippen molar-refractivity contribution in [1.29, 1.82) is 0 Å². The number of carbonyl (C=O) groups excluding carboxylic acids is 4. The molecule has 8 heteroatoms. The smallest absolute Gasteiger partial charge is 0.328 e. The van der Waals surface area contributed by atoms with Gasteiger partial charge in [0.1, 0.15) is 12.0 Å². The van der Waals surface area contributed by atoms with Crippen LogP contribution in [0, 0.1) is 5.92 Å². The highest BCUT2D eigenvalue weighted by Gasteiger charge is 2.30. The van der Waals surface area contributed by atoms with Gasteiger partial charge in [0.2, 0.25) is 5.91 Å². The SMILES string of the molecule is COc1ccc(C(=O)N2CCC(CC=O)C2)cc1N1CCC(=O)NC1=O. The number of benzene rings is 1. The van der Waals surface area contributed by atoms with Crippen LogP contribution in [0.2, 0.25) is 0 Å². The quantitative estimate of drug-likeness (QED) is 0.797. The number of nitrogens with zero attached hydrogens (tertiary/aromatic N) is 2. The van der Waals surface area contributed by atoms with Gasteiger partial charge in [-0.25, -0.2) is 4.79 Å². The molecule has 1 aromatic rings. The Balaban J connectivity index is 1.83. The van der Waals surface area contributed by atoms with E-state index in [4.69, 9.17) is 4.74 Å². The molecule has 2 heterocycles. The fourth-order valence-corrected chi connectivity index (χ4v) is 3.36. The minimum Gasteiger partial charge on any atom is -0.495 e. The predicted molar refractivity (Wildman–Crippen MR) is 93.2 cm³/mol. The number of aldehydes is 1. The molecule has 2 fully saturated rings. The van der Waals surface area contributed by atoms with E-state index < -0.39 is 6.03 Å². The largest absolute Gasteiger partial charge is 0.495 e. The van der Waals surface area contributed by atoms with Gasteiger partial charge in [0.05, 0.1) is 12.8 Å². The van der Waals surface area contributed by atoms with Crippen molar-refractivity contribution in [1.82, 2.24) is 10.2 Å². The number of nitrogens with one attached hydrogen (secondary N) is 1. The van der Waals surface area contributed by atoms with Gasteiger partial charge in [0.15, 0.2) is 0 Å². The number of imide groups is 1. The average Bonchev–Trinajstić information content (AvgIpc) is 3.09. The Morgan fingerprint density at radius 1 is 1.35 bits per heavy atom. The molecule has 1 atom stereocenters. The lowest BCUT2D eigenvalue weighted by atomic mass is 10.1. The fourth-order valence-electron chi connectivity index (χ4n) is 3.36. The molecule has 2 saturated heterocycles. The normalized spacial score (nSPS) is 20.1. The summed E-state index contributed by atoms with van der Waals surface area (Å²) < 4.78 is 5.31. The Morgan fingerprint density at radius 2 is 2.15 bits per heavy atom. The first-order valence-electron chi connectivity index (χ1n) is 8.55. The van der Waals surface area contributed by atoms with E-state index in [1.807, 2.05) is 0 Å². The first-order chi connectivity index (χ1) is 12.5. The van der Waals surface area contributed by atoms with E-state index in [0.717, 1.165) is 12.7 Å². The summed E-state index contributed by atoms with van der Waals surface area (Å²) in [6, 6.07) is 4.39. The molecule has 138 valence electrons. The van der Waals surface area contributed by atoms with Crippen molar-refractivity contribution in [3.63, 3.8) is 0 Å². The Kier molecular flexibility index (Phi) is 5.20. The summed E-state index contributed by atoms with van der Waals surface area (Å²) in [6.07, 6.45) is 2.34. The zero-order chi connectivity index (χ0) is 18.7. The van der Waals surface area contributed by atoms with Gasteiger partial charge in [-0.3, -0.25) is 19.8 Å². The van der Waals surface area contributed by atoms with Crippen molar-refractivity contribution in [3.8, 4) is 5.75 Å². The molecular weight excluding hydrogens is 338 g/mol. The molecule has 1 unspecified atom stereocenters. The van der Waals surface area contributed by atoms with Crippen LogP contribution < -0.4 is 15.0 Å². The van der Waals surface area contributed by atoms with E-state index in [9.17, 15) is 19.2 Å². The third-order valence-corrected chi connectivity index (χ3v) is 4.77. The van der Waals surface area contributed by atoms with E-state index in [0.29, 0.717) is 36.5 Å². The van der Waals surface area contributed by atoms with E-state index >= 15 is 0 Å². The molecule has 4 amide bonds. The van der Waals surface area contributed by atoms with Crippen LogP contribution in [0.1, 0.15) is 29.6 Å². The molecular formula is C18H21N3O5. The number of urea groups is 1. The summed E-state index contributed by atoms with van der Waals surface area (Å²) in [6.45, 7) is 1.39. The molecule has 1 aromatic carbocycles. The highest BCUT2D eigenvalue weighted by Crippen LogP contribution is 2.31. The fraction of sp³-hybridized carbons (Fsp3) is 0.444. The Morgan fingerprint density at radius 3 is 2.85 bits per heavy atom. The highest BCUT2D eigenvalue weighted by molar-refractivity contribution is 6.07. The van der Waals surface area contributed by atoms with E-state index in [2.05, 4.69) is 5.32 Å². The van der Waals surface area contributed by atoms with Gasteiger partial charge >= 0.3 is 6.03 Å². The summed E-state index contributed by atoms with van der Waals surface area (Å²) in [7, 11) is 1.48. The van der Waals surface area contributed by atoms with E-state index in [-0.39, 0.29) is 30.7 Å². The number of carbonyl (C=O) groups is 4. The number of hydrogen-bond acceptors (Lipinski definition) is 5. The molecule has 0 bridgehead atoms. The zero-order valence-corrected chi connectivity index (χ0v) is 14.6. The number of anilines is 1. The van der Waals surface area contributed by atoms with Crippen molar-refractivity contribution < 1.29 is 23.9 Å². The molecule has 26 heavy (non-hydrogen) atoms. The molecule has 8 nitrogen and oxygen atoms in total. The van der Waals surface area contributed by atoms with Crippen LogP contribution >= 0.6 is 0 Å². The van der Waals surface area contributed by atoms with Crippen LogP contribution in [0.4, 0.5) is 10.5 Å². The Hall–Kier alpha value is -2.90. The molecule has 1 N–H and O–H groups in total. The lowest BCUT2D eigenvalue weighted by Gasteiger charge is -2.28. The first-order valence-corrected chi connectivity index (χ1v) is 8.55. The molecule has 2 aliphatic rings. The summed E-state index contributed by atoms with van der Waals surface area (Å²) in [5.41, 5.74) is 0.893. The monoisotopic (exact) mass is 359 g/mol. The third-order valence-electron chi connectivity index (χ3n) is 4.77. The number of amides is 4. The maximum absolute atomic E-state index is 12.8. The van der Waals surface area contributed by atoms with Crippen LogP contribution in [0.25, 0.3) is 0 Å². The van der Waals surface area contributed by atoms with Crippen molar-refractivity contribution >= 4 is 29.8 Å². The standard InChI is InChI=1S/C18H21N3O5/c1-26-15-3-2-13(17(24)20-7-4-12(11-20)6-9-22)10-14(15)21-8-5-16(23)19-18(21)25/h2-3,9-10,12H,4-8,11H2,1H3,(H,19,23,25). The molecule has 0 saturated carbocycles. The van der Waals surface area contributed by atoms with Crippen LogP contribution in [0.15, 0.2) is 18.2 Å². The van der Waals surface area contributed by atoms with E-state index in [1.54, 1.807) is 23.1 Å². The molecule has 3 rings (SSSR count). The molecule has 0 radical (unpaired) electrons. The second-order valence-corrected chi connectivity index (χ2v) is 6.45. The minimum atomic E-state index is -0.531. The predicted octanol–water partition coefficient (Wildman–Crippen LogP) is 1.19. The lowest BCUT2D eigenvalue weighted by molar-refractivity contribution is -0.120. The van der Waals surface area contributed by atoms with Gasteiger partial charge in [0.25, 0.3) is 5.91 Å².